The fourth-order valence-corrected chi connectivity index (χ4v) is 9.21. The average Bonchev–Trinajstić information content (AvgIpc) is 3.30. The second kappa shape index (κ2) is 23.2. The van der Waals surface area contributed by atoms with E-state index in [-0.39, 0.29) is 11.5 Å². The highest BCUT2D eigenvalue weighted by atomic mass is 35.5. The number of ether oxygens (including phenoxy) is 2. The first-order chi connectivity index (χ1) is 32.0. The molecule has 344 valence electrons. The molecule has 0 aliphatic heterocycles. The summed E-state index contributed by atoms with van der Waals surface area (Å²) in [7, 11) is 0. The Morgan fingerprint density at radius 1 is 0.470 bits per heavy atom. The standard InChI is InChI=1S/C56H58Cl4N2O4/c1-5-9-11-35-23-43-27-39-31-49(61-55(59)37-13-17-47(57)18-14-37)33-41(51(39)63)29-45-25-36(12-10-6-2)26-46(54(45)66-22-8-4)30-42-34-50(62-56(60)38-15-19-48(58)20-16-38)32-40(52(42)64)28-44(24-35)53(43)65-21-7-3/h13-20,23-26,31-34,63-64H,5-12,21-22,27-30H2,1-4H3. The maximum Gasteiger partial charge on any atom is 0.136 e. The molecular formula is C56H58Cl4N2O4. The van der Waals surface area contributed by atoms with Gasteiger partial charge in [-0.15, -0.1) is 0 Å². The summed E-state index contributed by atoms with van der Waals surface area (Å²) in [5, 5.41) is 26.8. The van der Waals surface area contributed by atoms with Crippen LogP contribution in [0.2, 0.25) is 10.0 Å². The van der Waals surface area contributed by atoms with Gasteiger partial charge in [-0.3, -0.25) is 0 Å². The van der Waals surface area contributed by atoms with E-state index in [9.17, 15) is 10.2 Å². The smallest absolute Gasteiger partial charge is 0.136 e. The fraction of sp³-hybridized carbons (Fsp3) is 0.321. The lowest BCUT2D eigenvalue weighted by atomic mass is 9.88. The zero-order valence-corrected chi connectivity index (χ0v) is 41.3. The SMILES string of the molecule is CCCCc1cc2c(OCCC)c(c1)Cc1cc(N=C(Cl)c3ccc(Cl)cc3)cc(c1O)Cc1cc(CCCC)cc(c1OCCC)Cc1cc(N=C(Cl)c3ccc(Cl)cc3)cc(c1O)C2. The summed E-state index contributed by atoms with van der Waals surface area (Å²) in [5.41, 5.74) is 11.5. The summed E-state index contributed by atoms with van der Waals surface area (Å²) in [6.45, 7) is 9.52. The van der Waals surface area contributed by atoms with Crippen LogP contribution in [0.3, 0.4) is 0 Å². The fourth-order valence-electron chi connectivity index (χ4n) is 8.51. The van der Waals surface area contributed by atoms with E-state index in [0.29, 0.717) is 92.9 Å². The van der Waals surface area contributed by atoms with Gasteiger partial charge in [-0.1, -0.05) is 135 Å². The van der Waals surface area contributed by atoms with Crippen molar-refractivity contribution in [3.8, 4) is 23.0 Å². The van der Waals surface area contributed by atoms with Crippen LogP contribution in [0.25, 0.3) is 0 Å². The van der Waals surface area contributed by atoms with E-state index in [1.165, 1.54) is 0 Å². The largest absolute Gasteiger partial charge is 0.507 e. The van der Waals surface area contributed by atoms with Crippen LogP contribution >= 0.6 is 46.4 Å². The van der Waals surface area contributed by atoms with Gasteiger partial charge >= 0.3 is 0 Å². The lowest BCUT2D eigenvalue weighted by Gasteiger charge is -2.22. The first kappa shape index (κ1) is 48.9. The van der Waals surface area contributed by atoms with Gasteiger partial charge in [0.25, 0.3) is 0 Å². The van der Waals surface area contributed by atoms with Crippen molar-refractivity contribution < 1.29 is 19.7 Å². The Labute approximate surface area is 410 Å². The first-order valence-electron chi connectivity index (χ1n) is 23.2. The lowest BCUT2D eigenvalue weighted by molar-refractivity contribution is 0.311. The lowest BCUT2D eigenvalue weighted by Crippen LogP contribution is -2.08. The third-order valence-corrected chi connectivity index (χ3v) is 12.9. The van der Waals surface area contributed by atoms with Crippen molar-refractivity contribution in [1.29, 1.82) is 0 Å². The highest BCUT2D eigenvalue weighted by molar-refractivity contribution is 6.70. The quantitative estimate of drug-likeness (QED) is 0.0945. The van der Waals surface area contributed by atoms with E-state index in [1.54, 1.807) is 24.3 Å². The third-order valence-electron chi connectivity index (χ3n) is 11.8. The van der Waals surface area contributed by atoms with E-state index in [2.05, 4.69) is 52.0 Å². The van der Waals surface area contributed by atoms with Gasteiger partial charge in [-0.25, -0.2) is 9.98 Å². The molecular weight excluding hydrogens is 906 g/mol. The van der Waals surface area contributed by atoms with Crippen molar-refractivity contribution in [1.82, 2.24) is 0 Å². The average molecular weight is 965 g/mol. The Kier molecular flexibility index (Phi) is 17.2. The Morgan fingerprint density at radius 2 is 0.788 bits per heavy atom. The number of hydrogen-bond donors (Lipinski definition) is 2. The van der Waals surface area contributed by atoms with Crippen molar-refractivity contribution >= 4 is 68.1 Å². The number of fused-ring (bicyclic) bond motifs is 8. The zero-order chi connectivity index (χ0) is 46.7. The molecule has 6 nitrogen and oxygen atoms in total. The minimum absolute atomic E-state index is 0.190. The van der Waals surface area contributed by atoms with Gasteiger partial charge in [0.1, 0.15) is 33.3 Å². The summed E-state index contributed by atoms with van der Waals surface area (Å²) in [6, 6.07) is 31.1. The molecule has 0 heterocycles. The van der Waals surface area contributed by atoms with Crippen molar-refractivity contribution in [3.63, 3.8) is 0 Å². The molecule has 8 bridgehead atoms. The monoisotopic (exact) mass is 962 g/mol. The van der Waals surface area contributed by atoms with Crippen LogP contribution in [-0.4, -0.2) is 33.8 Å². The summed E-state index contributed by atoms with van der Waals surface area (Å²) >= 11 is 26.4. The van der Waals surface area contributed by atoms with Crippen LogP contribution in [-0.2, 0) is 38.5 Å². The minimum Gasteiger partial charge on any atom is -0.507 e. The number of aromatic hydroxyl groups is 2. The van der Waals surface area contributed by atoms with Gasteiger partial charge in [0, 0.05) is 69.1 Å². The van der Waals surface area contributed by atoms with E-state index < -0.39 is 0 Å². The van der Waals surface area contributed by atoms with Crippen LogP contribution in [0.5, 0.6) is 23.0 Å². The van der Waals surface area contributed by atoms with Crippen LogP contribution in [0.1, 0.15) is 133 Å². The summed E-state index contributed by atoms with van der Waals surface area (Å²) < 4.78 is 13.4. The second-order valence-corrected chi connectivity index (χ2v) is 18.7. The van der Waals surface area contributed by atoms with Crippen LogP contribution in [0.15, 0.2) is 107 Å². The number of phenols is 2. The molecule has 0 amide bonds. The van der Waals surface area contributed by atoms with Gasteiger partial charge in [0.05, 0.1) is 24.6 Å². The first-order valence-corrected chi connectivity index (χ1v) is 24.7. The van der Waals surface area contributed by atoms with Crippen molar-refractivity contribution in [2.45, 2.75) is 105 Å². The van der Waals surface area contributed by atoms with Crippen molar-refractivity contribution in [2.75, 3.05) is 13.2 Å². The van der Waals surface area contributed by atoms with E-state index >= 15 is 0 Å². The van der Waals surface area contributed by atoms with Gasteiger partial charge < -0.3 is 19.7 Å². The maximum atomic E-state index is 12.5. The van der Waals surface area contributed by atoms with Gasteiger partial charge in [0.2, 0.25) is 0 Å². The molecule has 1 aliphatic carbocycles. The molecule has 2 N–H and O–H groups in total. The third kappa shape index (κ3) is 12.3. The molecule has 6 aromatic carbocycles. The van der Waals surface area contributed by atoms with Crippen molar-refractivity contribution in [3.05, 3.63) is 174 Å². The minimum atomic E-state index is 0.190. The predicted molar refractivity (Wildman–Crippen MR) is 276 cm³/mol. The second-order valence-electron chi connectivity index (χ2n) is 17.1. The van der Waals surface area contributed by atoms with E-state index in [1.807, 2.05) is 48.5 Å². The molecule has 1 aliphatic rings. The molecule has 7 rings (SSSR count). The molecule has 10 heteroatoms. The van der Waals surface area contributed by atoms with Crippen molar-refractivity contribution in [2.24, 2.45) is 9.98 Å². The maximum absolute atomic E-state index is 12.5. The number of aliphatic imine (C=N–C) groups is 2. The number of unbranched alkanes of at least 4 members (excludes halogenated alkanes) is 2. The topological polar surface area (TPSA) is 83.6 Å². The Morgan fingerprint density at radius 3 is 1.08 bits per heavy atom. The summed E-state index contributed by atoms with van der Waals surface area (Å²) in [5.74, 6) is 1.84. The van der Waals surface area contributed by atoms with Gasteiger partial charge in [-0.2, -0.15) is 0 Å². The number of phenolic OH excluding ortho intramolecular Hbond substituents is 2. The predicted octanol–water partition coefficient (Wildman–Crippen LogP) is 16.0. The van der Waals surface area contributed by atoms with Gasteiger partial charge in [-0.05, 0) is 120 Å². The molecule has 0 aromatic heterocycles. The van der Waals surface area contributed by atoms with Crippen LogP contribution < -0.4 is 9.47 Å². The molecule has 0 spiro atoms. The number of hydrogen-bond acceptors (Lipinski definition) is 6. The molecule has 0 saturated heterocycles. The Balaban J connectivity index is 1.51. The molecule has 0 fully saturated rings. The van der Waals surface area contributed by atoms with Gasteiger partial charge in [0.15, 0.2) is 0 Å². The highest BCUT2D eigenvalue weighted by Crippen LogP contribution is 2.42. The molecule has 66 heavy (non-hydrogen) atoms. The highest BCUT2D eigenvalue weighted by Gasteiger charge is 2.24. The number of benzene rings is 6. The number of nitrogens with zero attached hydrogens (tertiary/aromatic N) is 2. The molecule has 0 atom stereocenters. The Bertz CT molecular complexity index is 2430. The normalized spacial score (nSPS) is 12.9. The van der Waals surface area contributed by atoms with E-state index in [0.717, 1.165) is 107 Å². The Hall–Kier alpha value is -4.98. The molecule has 6 aromatic rings. The number of rotatable bonds is 16. The summed E-state index contributed by atoms with van der Waals surface area (Å²) in [6.07, 6.45) is 8.77. The molecule has 0 unspecified atom stereocenters. The number of halogens is 4. The molecule has 0 radical (unpaired) electrons. The summed E-state index contributed by atoms with van der Waals surface area (Å²) in [4.78, 5) is 9.89. The van der Waals surface area contributed by atoms with E-state index in [4.69, 9.17) is 65.9 Å². The van der Waals surface area contributed by atoms with Crippen LogP contribution in [0, 0.1) is 0 Å². The number of aryl methyl sites for hydroxylation is 2. The van der Waals surface area contributed by atoms with Crippen LogP contribution in [0.4, 0.5) is 11.4 Å². The molecule has 0 saturated carbocycles. The zero-order valence-electron chi connectivity index (χ0n) is 38.3.